The van der Waals surface area contributed by atoms with E-state index in [0.29, 0.717) is 0 Å². The van der Waals surface area contributed by atoms with Crippen molar-refractivity contribution in [2.24, 2.45) is 0 Å². The van der Waals surface area contributed by atoms with Crippen molar-refractivity contribution in [3.63, 3.8) is 0 Å². The third-order valence-electron chi connectivity index (χ3n) is 3.89. The molecule has 3 rings (SSSR count). The average Bonchev–Trinajstić information content (AvgIpc) is 2.66. The van der Waals surface area contributed by atoms with Gasteiger partial charge in [0.15, 0.2) is 9.84 Å². The van der Waals surface area contributed by atoms with Crippen molar-refractivity contribution in [2.45, 2.75) is 35.9 Å². The molecule has 1 spiro atoms. The summed E-state index contributed by atoms with van der Waals surface area (Å²) < 4.78 is 22.8. The minimum atomic E-state index is -3.19. The number of hydrogen-bond acceptors (Lipinski definition) is 4. The van der Waals surface area contributed by atoms with E-state index in [-0.39, 0.29) is 22.5 Å². The van der Waals surface area contributed by atoms with Crippen LogP contribution in [0.15, 0.2) is 29.2 Å². The Kier molecular flexibility index (Phi) is 2.69. The highest BCUT2D eigenvalue weighted by Gasteiger charge is 2.47. The van der Waals surface area contributed by atoms with Crippen LogP contribution in [0.2, 0.25) is 0 Å². The maximum absolute atomic E-state index is 12.0. The molecule has 0 radical (unpaired) electrons. The van der Waals surface area contributed by atoms with Gasteiger partial charge in [0.1, 0.15) is 6.04 Å². The number of sulfone groups is 1. The van der Waals surface area contributed by atoms with Crippen molar-refractivity contribution >= 4 is 15.7 Å². The summed E-state index contributed by atoms with van der Waals surface area (Å²) in [6, 6.07) is 6.11. The summed E-state index contributed by atoms with van der Waals surface area (Å²) in [4.78, 5) is 12.2. The van der Waals surface area contributed by atoms with Crippen LogP contribution in [-0.2, 0) is 14.6 Å². The molecule has 1 saturated carbocycles. The number of hydrogen-bond donors (Lipinski definition) is 2. The fourth-order valence-corrected chi connectivity index (χ4v) is 3.26. The lowest BCUT2D eigenvalue weighted by Gasteiger charge is -2.38. The zero-order valence-electron chi connectivity index (χ0n) is 10.6. The highest BCUT2D eigenvalue weighted by Crippen LogP contribution is 2.36. The maximum atomic E-state index is 12.0. The lowest BCUT2D eigenvalue weighted by molar-refractivity contribution is -0.121. The second kappa shape index (κ2) is 4.05. The van der Waals surface area contributed by atoms with E-state index in [0.717, 1.165) is 24.8 Å². The number of carbonyl (C=O) groups is 1. The molecule has 6 heteroatoms. The van der Waals surface area contributed by atoms with E-state index >= 15 is 0 Å². The van der Waals surface area contributed by atoms with Gasteiger partial charge in [0, 0.05) is 6.26 Å². The van der Waals surface area contributed by atoms with Gasteiger partial charge in [-0.1, -0.05) is 12.1 Å². The summed E-state index contributed by atoms with van der Waals surface area (Å²) in [5.41, 5.74) is 0.575. The number of benzene rings is 1. The Labute approximate surface area is 112 Å². The second-order valence-electron chi connectivity index (χ2n) is 5.34. The average molecular weight is 280 g/mol. The molecule has 0 aromatic heterocycles. The largest absolute Gasteiger partial charge is 0.336 e. The zero-order chi connectivity index (χ0) is 13.7. The molecule has 5 nitrogen and oxygen atoms in total. The fraction of sp³-hybridized carbons (Fsp3) is 0.462. The molecular formula is C13H16N2O3S. The van der Waals surface area contributed by atoms with Crippen LogP contribution in [0.25, 0.3) is 0 Å². The number of rotatable bonds is 2. The highest BCUT2D eigenvalue weighted by atomic mass is 32.2. The van der Waals surface area contributed by atoms with Gasteiger partial charge in [-0.15, -0.1) is 0 Å². The molecule has 2 aliphatic rings. The van der Waals surface area contributed by atoms with E-state index in [4.69, 9.17) is 0 Å². The van der Waals surface area contributed by atoms with Gasteiger partial charge in [0.05, 0.1) is 10.6 Å². The summed E-state index contributed by atoms with van der Waals surface area (Å²) in [5.74, 6) is -0.0354. The van der Waals surface area contributed by atoms with Crippen molar-refractivity contribution in [2.75, 3.05) is 6.26 Å². The first-order valence-electron chi connectivity index (χ1n) is 6.29. The van der Waals surface area contributed by atoms with Crippen LogP contribution in [0.5, 0.6) is 0 Å². The molecular weight excluding hydrogens is 264 g/mol. The summed E-state index contributed by atoms with van der Waals surface area (Å²) >= 11 is 0. The van der Waals surface area contributed by atoms with Crippen molar-refractivity contribution in [3.8, 4) is 0 Å². The lowest BCUT2D eigenvalue weighted by Crippen LogP contribution is -2.55. The summed E-state index contributed by atoms with van der Waals surface area (Å²) in [6.45, 7) is 0. The molecule has 2 N–H and O–H groups in total. The summed E-state index contributed by atoms with van der Waals surface area (Å²) in [6.07, 6.45) is 4.20. The highest BCUT2D eigenvalue weighted by molar-refractivity contribution is 7.90. The van der Waals surface area contributed by atoms with E-state index in [1.54, 1.807) is 24.3 Å². The molecule has 0 unspecified atom stereocenters. The van der Waals surface area contributed by atoms with E-state index in [1.165, 1.54) is 6.26 Å². The Bertz CT molecular complexity index is 618. The standard InChI is InChI=1S/C13H16N2O3S/c1-19(17,18)10-5-3-9(4-6-10)11-12(16)15-13(14-11)7-2-8-13/h3-6,11,14H,2,7-8H2,1H3,(H,15,16)/t11-/m0/s1. The predicted molar refractivity (Wildman–Crippen MR) is 70.2 cm³/mol. The van der Waals surface area contributed by atoms with Gasteiger partial charge in [-0.25, -0.2) is 8.42 Å². The molecule has 2 fully saturated rings. The van der Waals surface area contributed by atoms with Crippen LogP contribution in [0.3, 0.4) is 0 Å². The molecule has 1 aliphatic heterocycles. The molecule has 1 aromatic carbocycles. The maximum Gasteiger partial charge on any atom is 0.243 e. The minimum absolute atomic E-state index is 0.0354. The van der Waals surface area contributed by atoms with Gasteiger partial charge in [-0.3, -0.25) is 10.1 Å². The molecule has 1 saturated heterocycles. The van der Waals surface area contributed by atoms with Crippen LogP contribution in [-0.4, -0.2) is 26.2 Å². The van der Waals surface area contributed by atoms with E-state index in [9.17, 15) is 13.2 Å². The topological polar surface area (TPSA) is 75.3 Å². The van der Waals surface area contributed by atoms with Crippen molar-refractivity contribution < 1.29 is 13.2 Å². The molecule has 102 valence electrons. The Morgan fingerprint density at radius 3 is 2.26 bits per heavy atom. The summed E-state index contributed by atoms with van der Waals surface area (Å²) in [5, 5.41) is 6.31. The zero-order valence-corrected chi connectivity index (χ0v) is 11.5. The molecule has 1 atom stereocenters. The monoisotopic (exact) mass is 280 g/mol. The Morgan fingerprint density at radius 1 is 1.21 bits per heavy atom. The SMILES string of the molecule is CS(=O)(=O)c1ccc([C@@H]2NC3(CCC3)NC2=O)cc1. The van der Waals surface area contributed by atoms with E-state index < -0.39 is 9.84 Å². The van der Waals surface area contributed by atoms with Crippen LogP contribution in [0.4, 0.5) is 0 Å². The van der Waals surface area contributed by atoms with Gasteiger partial charge >= 0.3 is 0 Å². The Balaban J connectivity index is 1.85. The fourth-order valence-electron chi connectivity index (χ4n) is 2.63. The van der Waals surface area contributed by atoms with Crippen LogP contribution in [0, 0.1) is 0 Å². The second-order valence-corrected chi connectivity index (χ2v) is 7.36. The third kappa shape index (κ3) is 2.15. The van der Waals surface area contributed by atoms with Crippen LogP contribution in [0.1, 0.15) is 30.9 Å². The van der Waals surface area contributed by atoms with Gasteiger partial charge in [0.25, 0.3) is 0 Å². The number of nitrogens with one attached hydrogen (secondary N) is 2. The van der Waals surface area contributed by atoms with Crippen LogP contribution < -0.4 is 10.6 Å². The Hall–Kier alpha value is -1.40. The van der Waals surface area contributed by atoms with Crippen LogP contribution >= 0.6 is 0 Å². The van der Waals surface area contributed by atoms with E-state index in [1.807, 2.05) is 0 Å². The first kappa shape index (κ1) is 12.6. The molecule has 19 heavy (non-hydrogen) atoms. The molecule has 1 aromatic rings. The van der Waals surface area contributed by atoms with Gasteiger partial charge in [-0.05, 0) is 37.0 Å². The van der Waals surface area contributed by atoms with Crippen molar-refractivity contribution in [3.05, 3.63) is 29.8 Å². The molecule has 0 bridgehead atoms. The van der Waals surface area contributed by atoms with Crippen molar-refractivity contribution in [1.82, 2.24) is 10.6 Å². The normalized spacial score (nSPS) is 25.1. The van der Waals surface area contributed by atoms with Gasteiger partial charge in [-0.2, -0.15) is 0 Å². The molecule has 1 aliphatic carbocycles. The molecule has 1 amide bonds. The van der Waals surface area contributed by atoms with Gasteiger partial charge in [0.2, 0.25) is 5.91 Å². The minimum Gasteiger partial charge on any atom is -0.336 e. The first-order valence-corrected chi connectivity index (χ1v) is 8.19. The Morgan fingerprint density at radius 2 is 1.84 bits per heavy atom. The quantitative estimate of drug-likeness (QED) is 0.837. The lowest BCUT2D eigenvalue weighted by atomic mass is 9.85. The van der Waals surface area contributed by atoms with E-state index in [2.05, 4.69) is 10.6 Å². The van der Waals surface area contributed by atoms with Gasteiger partial charge < -0.3 is 5.32 Å². The summed E-state index contributed by atoms with van der Waals surface area (Å²) in [7, 11) is -3.19. The predicted octanol–water partition coefficient (Wildman–Crippen LogP) is 0.731. The number of carbonyl (C=O) groups excluding carboxylic acids is 1. The van der Waals surface area contributed by atoms with Crippen molar-refractivity contribution in [1.29, 1.82) is 0 Å². The number of amides is 1. The third-order valence-corrected chi connectivity index (χ3v) is 5.02. The molecule has 1 heterocycles. The first-order chi connectivity index (χ1) is 8.90. The smallest absolute Gasteiger partial charge is 0.243 e.